The number of aryl methyl sites for hydroxylation is 1. The molecule has 20 heavy (non-hydrogen) atoms. The van der Waals surface area contributed by atoms with Crippen molar-refractivity contribution in [1.29, 1.82) is 0 Å². The van der Waals surface area contributed by atoms with Gasteiger partial charge in [0.25, 0.3) is 5.69 Å². The third kappa shape index (κ3) is 3.45. The van der Waals surface area contributed by atoms with Crippen LogP contribution in [0.25, 0.3) is 0 Å². The van der Waals surface area contributed by atoms with E-state index in [1.165, 1.54) is 11.6 Å². The Kier molecular flexibility index (Phi) is 4.53. The second-order valence-corrected chi connectivity index (χ2v) is 4.82. The summed E-state index contributed by atoms with van der Waals surface area (Å²) in [6.07, 6.45) is 4.35. The van der Waals surface area contributed by atoms with Gasteiger partial charge in [-0.2, -0.15) is 0 Å². The molecule has 0 saturated carbocycles. The zero-order valence-electron chi connectivity index (χ0n) is 11.0. The zero-order chi connectivity index (χ0) is 14.5. The van der Waals surface area contributed by atoms with Crippen molar-refractivity contribution in [2.75, 3.05) is 11.9 Å². The molecular weight excluding hydrogens is 278 g/mol. The lowest BCUT2D eigenvalue weighted by Crippen LogP contribution is -2.06. The van der Waals surface area contributed by atoms with Crippen LogP contribution in [0.1, 0.15) is 11.1 Å². The molecule has 1 N–H and O–H groups in total. The highest BCUT2D eigenvalue weighted by Crippen LogP contribution is 2.30. The van der Waals surface area contributed by atoms with E-state index in [2.05, 4.69) is 10.3 Å². The molecule has 0 atom stereocenters. The summed E-state index contributed by atoms with van der Waals surface area (Å²) in [4.78, 5) is 14.3. The highest BCUT2D eigenvalue weighted by atomic mass is 35.5. The van der Waals surface area contributed by atoms with Crippen molar-refractivity contribution in [3.8, 4) is 0 Å². The molecule has 0 spiro atoms. The molecule has 0 aliphatic heterocycles. The molecule has 0 amide bonds. The van der Waals surface area contributed by atoms with Gasteiger partial charge >= 0.3 is 0 Å². The highest BCUT2D eigenvalue weighted by Gasteiger charge is 2.14. The number of hydrogen-bond donors (Lipinski definition) is 1. The summed E-state index contributed by atoms with van der Waals surface area (Å²) in [7, 11) is 0. The van der Waals surface area contributed by atoms with Crippen molar-refractivity contribution >= 4 is 23.0 Å². The van der Waals surface area contributed by atoms with Gasteiger partial charge in [0.15, 0.2) is 0 Å². The smallest absolute Gasteiger partial charge is 0.288 e. The number of nitro groups is 1. The molecule has 0 aliphatic carbocycles. The number of pyridine rings is 1. The first kappa shape index (κ1) is 14.3. The van der Waals surface area contributed by atoms with Gasteiger partial charge in [0.05, 0.1) is 4.92 Å². The third-order valence-electron chi connectivity index (χ3n) is 2.97. The van der Waals surface area contributed by atoms with Gasteiger partial charge in [-0.15, -0.1) is 0 Å². The van der Waals surface area contributed by atoms with Crippen molar-refractivity contribution in [3.05, 3.63) is 62.9 Å². The number of hydrogen-bond acceptors (Lipinski definition) is 4. The minimum Gasteiger partial charge on any atom is -0.384 e. The van der Waals surface area contributed by atoms with Crippen LogP contribution in [0.5, 0.6) is 0 Å². The maximum Gasteiger partial charge on any atom is 0.288 e. The number of rotatable bonds is 5. The monoisotopic (exact) mass is 291 g/mol. The van der Waals surface area contributed by atoms with E-state index in [9.17, 15) is 10.1 Å². The maximum atomic E-state index is 10.8. The van der Waals surface area contributed by atoms with Crippen LogP contribution in [-0.4, -0.2) is 16.5 Å². The van der Waals surface area contributed by atoms with Gasteiger partial charge in [-0.1, -0.05) is 11.6 Å². The lowest BCUT2D eigenvalue weighted by atomic mass is 10.1. The molecule has 1 aromatic carbocycles. The molecule has 5 nitrogen and oxygen atoms in total. The Labute approximate surface area is 121 Å². The number of anilines is 1. The molecule has 0 saturated heterocycles. The standard InChI is InChI=1S/C14H14ClN3O2/c1-10-8-14(18(19)20)12(15)9-13(10)17-7-4-11-2-5-16-6-3-11/h2-3,5-6,8-9,17H,4,7H2,1H3. The van der Waals surface area contributed by atoms with Crippen molar-refractivity contribution in [2.24, 2.45) is 0 Å². The summed E-state index contributed by atoms with van der Waals surface area (Å²) in [6, 6.07) is 6.99. The Morgan fingerprint density at radius 3 is 2.70 bits per heavy atom. The van der Waals surface area contributed by atoms with Gasteiger partial charge in [0.1, 0.15) is 5.02 Å². The van der Waals surface area contributed by atoms with E-state index in [0.717, 1.165) is 24.2 Å². The lowest BCUT2D eigenvalue weighted by Gasteiger charge is -2.10. The minimum absolute atomic E-state index is 0.0659. The molecule has 0 aliphatic rings. The second-order valence-electron chi connectivity index (χ2n) is 4.41. The summed E-state index contributed by atoms with van der Waals surface area (Å²) in [5.74, 6) is 0. The van der Waals surface area contributed by atoms with Gasteiger partial charge in [-0.05, 0) is 42.7 Å². The first-order valence-corrected chi connectivity index (χ1v) is 6.53. The van der Waals surface area contributed by atoms with Crippen LogP contribution in [0.15, 0.2) is 36.7 Å². The quantitative estimate of drug-likeness (QED) is 0.675. The predicted octanol–water partition coefficient (Wildman–Crippen LogP) is 3.61. The topological polar surface area (TPSA) is 68.1 Å². The third-order valence-corrected chi connectivity index (χ3v) is 3.27. The average molecular weight is 292 g/mol. The Morgan fingerprint density at radius 1 is 1.35 bits per heavy atom. The summed E-state index contributed by atoms with van der Waals surface area (Å²) < 4.78 is 0. The van der Waals surface area contributed by atoms with Crippen LogP contribution in [0.2, 0.25) is 5.02 Å². The van der Waals surface area contributed by atoms with E-state index in [1.807, 2.05) is 19.1 Å². The minimum atomic E-state index is -0.476. The molecule has 0 bridgehead atoms. The fourth-order valence-corrected chi connectivity index (χ4v) is 2.12. The fraction of sp³-hybridized carbons (Fsp3) is 0.214. The van der Waals surface area contributed by atoms with E-state index >= 15 is 0 Å². The van der Waals surface area contributed by atoms with Crippen molar-refractivity contribution in [1.82, 2.24) is 4.98 Å². The second kappa shape index (κ2) is 6.34. The molecule has 2 aromatic rings. The van der Waals surface area contributed by atoms with Gasteiger partial charge in [-0.25, -0.2) is 0 Å². The molecule has 0 unspecified atom stereocenters. The van der Waals surface area contributed by atoms with Crippen LogP contribution in [0, 0.1) is 17.0 Å². The van der Waals surface area contributed by atoms with E-state index in [1.54, 1.807) is 18.5 Å². The molecule has 6 heteroatoms. The van der Waals surface area contributed by atoms with Crippen LogP contribution < -0.4 is 5.32 Å². The number of aromatic nitrogens is 1. The lowest BCUT2D eigenvalue weighted by molar-refractivity contribution is -0.384. The van der Waals surface area contributed by atoms with E-state index in [-0.39, 0.29) is 10.7 Å². The largest absolute Gasteiger partial charge is 0.384 e. The Morgan fingerprint density at radius 2 is 2.05 bits per heavy atom. The number of nitrogens with one attached hydrogen (secondary N) is 1. The molecule has 0 radical (unpaired) electrons. The predicted molar refractivity (Wildman–Crippen MR) is 79.3 cm³/mol. The van der Waals surface area contributed by atoms with Crippen LogP contribution in [-0.2, 0) is 6.42 Å². The number of benzene rings is 1. The molecular formula is C14H14ClN3O2. The molecule has 1 aromatic heterocycles. The average Bonchev–Trinajstić information content (AvgIpc) is 2.43. The number of nitrogens with zero attached hydrogens (tertiary/aromatic N) is 2. The van der Waals surface area contributed by atoms with Gasteiger partial charge in [0.2, 0.25) is 0 Å². The SMILES string of the molecule is Cc1cc([N+](=O)[O-])c(Cl)cc1NCCc1ccncc1. The molecule has 104 valence electrons. The summed E-state index contributed by atoms with van der Waals surface area (Å²) in [6.45, 7) is 2.54. The van der Waals surface area contributed by atoms with E-state index in [4.69, 9.17) is 11.6 Å². The Hall–Kier alpha value is -2.14. The summed E-state index contributed by atoms with van der Waals surface area (Å²) >= 11 is 5.90. The van der Waals surface area contributed by atoms with E-state index in [0.29, 0.717) is 0 Å². The number of halogens is 1. The Balaban J connectivity index is 2.03. The normalized spacial score (nSPS) is 10.3. The van der Waals surface area contributed by atoms with Gasteiger partial charge in [0, 0.05) is 30.7 Å². The van der Waals surface area contributed by atoms with Crippen LogP contribution in [0.3, 0.4) is 0 Å². The fourth-order valence-electron chi connectivity index (χ4n) is 1.89. The summed E-state index contributed by atoms with van der Waals surface area (Å²) in [5, 5.41) is 14.2. The maximum absolute atomic E-state index is 10.8. The Bertz CT molecular complexity index is 617. The molecule has 0 fully saturated rings. The molecule has 2 rings (SSSR count). The van der Waals surface area contributed by atoms with Crippen LogP contribution in [0.4, 0.5) is 11.4 Å². The van der Waals surface area contributed by atoms with Crippen molar-refractivity contribution in [2.45, 2.75) is 13.3 Å². The van der Waals surface area contributed by atoms with Crippen LogP contribution >= 0.6 is 11.6 Å². The van der Waals surface area contributed by atoms with E-state index < -0.39 is 4.92 Å². The van der Waals surface area contributed by atoms with Gasteiger partial charge in [-0.3, -0.25) is 15.1 Å². The van der Waals surface area contributed by atoms with Gasteiger partial charge < -0.3 is 5.32 Å². The molecule has 1 heterocycles. The highest BCUT2D eigenvalue weighted by molar-refractivity contribution is 6.33. The zero-order valence-corrected chi connectivity index (χ0v) is 11.7. The summed E-state index contributed by atoms with van der Waals surface area (Å²) in [5.41, 5.74) is 2.73. The first-order chi connectivity index (χ1) is 9.58. The first-order valence-electron chi connectivity index (χ1n) is 6.15. The van der Waals surface area contributed by atoms with Crippen molar-refractivity contribution in [3.63, 3.8) is 0 Å². The number of nitro benzene ring substituents is 1. The van der Waals surface area contributed by atoms with Crippen molar-refractivity contribution < 1.29 is 4.92 Å².